The van der Waals surface area contributed by atoms with Gasteiger partial charge in [-0.05, 0) is 48.7 Å². The maximum atomic E-state index is 12.6. The van der Waals surface area contributed by atoms with Gasteiger partial charge in [0.05, 0.1) is 12.0 Å². The van der Waals surface area contributed by atoms with Crippen molar-refractivity contribution in [3.63, 3.8) is 0 Å². The summed E-state index contributed by atoms with van der Waals surface area (Å²) < 4.78 is 35.3. The van der Waals surface area contributed by atoms with E-state index in [4.69, 9.17) is 4.74 Å². The van der Waals surface area contributed by atoms with Crippen LogP contribution in [0.3, 0.4) is 0 Å². The third-order valence-electron chi connectivity index (χ3n) is 5.29. The van der Waals surface area contributed by atoms with E-state index in [0.29, 0.717) is 12.3 Å². The highest BCUT2D eigenvalue weighted by Gasteiger charge is 2.46. The summed E-state index contributed by atoms with van der Waals surface area (Å²) in [5, 5.41) is 1.20. The molecule has 1 N–H and O–H groups in total. The molecule has 0 atom stereocenters. The van der Waals surface area contributed by atoms with Crippen LogP contribution in [0, 0.1) is 0 Å². The van der Waals surface area contributed by atoms with Crippen LogP contribution in [0.2, 0.25) is 0 Å². The molecule has 0 amide bonds. The highest BCUT2D eigenvalue weighted by Crippen LogP contribution is 2.50. The zero-order valence-corrected chi connectivity index (χ0v) is 15.7. The van der Waals surface area contributed by atoms with Crippen molar-refractivity contribution in [3.05, 3.63) is 60.3 Å². The highest BCUT2D eigenvalue weighted by atomic mass is 32.2. The van der Waals surface area contributed by atoms with E-state index >= 15 is 0 Å². The van der Waals surface area contributed by atoms with Crippen LogP contribution in [0.15, 0.2) is 59.6 Å². The number of nitrogens with one attached hydrogen (secondary N) is 1. The summed E-state index contributed by atoms with van der Waals surface area (Å²) in [6.45, 7) is 0.412. The summed E-state index contributed by atoms with van der Waals surface area (Å²) in [4.78, 5) is 0.256. The predicted molar refractivity (Wildman–Crippen MR) is 102 cm³/mol. The molecular formula is C20H22N2O3S. The summed E-state index contributed by atoms with van der Waals surface area (Å²) >= 11 is 0. The molecular weight excluding hydrogens is 348 g/mol. The molecule has 0 spiro atoms. The Balaban J connectivity index is 1.58. The van der Waals surface area contributed by atoms with Gasteiger partial charge in [0.1, 0.15) is 5.75 Å². The van der Waals surface area contributed by atoms with Gasteiger partial charge in [0.15, 0.2) is 0 Å². The third kappa shape index (κ3) is 2.89. The first-order chi connectivity index (χ1) is 12.5. The van der Waals surface area contributed by atoms with Crippen molar-refractivity contribution in [1.29, 1.82) is 0 Å². The topological polar surface area (TPSA) is 60.3 Å². The summed E-state index contributed by atoms with van der Waals surface area (Å²) in [6.07, 6.45) is 4.12. The Morgan fingerprint density at radius 1 is 1.12 bits per heavy atom. The summed E-state index contributed by atoms with van der Waals surface area (Å²) in [6, 6.07) is 14.7. The van der Waals surface area contributed by atoms with E-state index in [1.807, 2.05) is 19.2 Å². The maximum Gasteiger partial charge on any atom is 0.240 e. The Morgan fingerprint density at radius 2 is 1.81 bits per heavy atom. The van der Waals surface area contributed by atoms with Gasteiger partial charge in [-0.2, -0.15) is 0 Å². The molecule has 0 radical (unpaired) electrons. The summed E-state index contributed by atoms with van der Waals surface area (Å²) in [5.41, 5.74) is 2.29. The molecule has 1 aliphatic rings. The van der Waals surface area contributed by atoms with Gasteiger partial charge in [0.2, 0.25) is 10.0 Å². The number of nitrogens with zero attached hydrogens (tertiary/aromatic N) is 1. The largest absolute Gasteiger partial charge is 0.497 e. The minimum atomic E-state index is -3.55. The second-order valence-corrected chi connectivity index (χ2v) is 8.72. The lowest BCUT2D eigenvalue weighted by Gasteiger charge is -2.16. The Hall–Kier alpha value is -2.31. The fourth-order valence-electron chi connectivity index (χ4n) is 3.53. The molecule has 0 bridgehead atoms. The van der Waals surface area contributed by atoms with Gasteiger partial charge in [0.25, 0.3) is 0 Å². The van der Waals surface area contributed by atoms with Crippen LogP contribution in [0.4, 0.5) is 0 Å². The number of ether oxygens (including phenoxy) is 1. The van der Waals surface area contributed by atoms with Crippen molar-refractivity contribution < 1.29 is 13.2 Å². The van der Waals surface area contributed by atoms with E-state index < -0.39 is 10.0 Å². The zero-order valence-electron chi connectivity index (χ0n) is 14.9. The molecule has 1 aromatic heterocycles. The standard InChI is InChI=1S/C20H22N2O3S/c1-22-13-18(17-5-3-4-6-19(17)22)20(11-12-20)14-21-26(23,24)16-9-7-15(25-2)8-10-16/h3-10,13,21H,11-12,14H2,1-2H3. The zero-order chi connectivity index (χ0) is 18.4. The smallest absolute Gasteiger partial charge is 0.240 e. The van der Waals surface area contributed by atoms with Crippen LogP contribution >= 0.6 is 0 Å². The number of para-hydroxylation sites is 1. The number of hydrogen-bond acceptors (Lipinski definition) is 3. The first-order valence-corrected chi connectivity index (χ1v) is 10.1. The fraction of sp³-hybridized carbons (Fsp3) is 0.300. The number of aryl methyl sites for hydroxylation is 1. The normalized spacial score (nSPS) is 15.9. The lowest BCUT2D eigenvalue weighted by Crippen LogP contribution is -2.32. The molecule has 2 aromatic carbocycles. The minimum absolute atomic E-state index is 0.111. The molecule has 26 heavy (non-hydrogen) atoms. The molecule has 0 aliphatic heterocycles. The Morgan fingerprint density at radius 3 is 2.46 bits per heavy atom. The number of benzene rings is 2. The van der Waals surface area contributed by atoms with Gasteiger partial charge >= 0.3 is 0 Å². The summed E-state index contributed by atoms with van der Waals surface area (Å²) in [7, 11) is 0.0442. The number of aromatic nitrogens is 1. The van der Waals surface area contributed by atoms with Crippen molar-refractivity contribution in [3.8, 4) is 5.75 Å². The van der Waals surface area contributed by atoms with Gasteiger partial charge in [-0.15, -0.1) is 0 Å². The molecule has 5 nitrogen and oxygen atoms in total. The van der Waals surface area contributed by atoms with Crippen LogP contribution < -0.4 is 9.46 Å². The first-order valence-electron chi connectivity index (χ1n) is 8.63. The molecule has 1 fully saturated rings. The first kappa shape index (κ1) is 17.1. The number of sulfonamides is 1. The molecule has 0 unspecified atom stereocenters. The Labute approximate surface area is 153 Å². The fourth-order valence-corrected chi connectivity index (χ4v) is 4.66. The molecule has 6 heteroatoms. The molecule has 1 saturated carbocycles. The van der Waals surface area contributed by atoms with Crippen LogP contribution in [-0.4, -0.2) is 26.6 Å². The molecule has 136 valence electrons. The Kier molecular flexibility index (Phi) is 4.04. The van der Waals surface area contributed by atoms with Crippen LogP contribution in [0.1, 0.15) is 18.4 Å². The molecule has 1 heterocycles. The monoisotopic (exact) mass is 370 g/mol. The predicted octanol–water partition coefficient (Wildman–Crippen LogP) is 3.20. The van der Waals surface area contributed by atoms with Crippen molar-refractivity contribution in [2.24, 2.45) is 7.05 Å². The molecule has 1 aliphatic carbocycles. The molecule has 4 rings (SSSR count). The van der Waals surface area contributed by atoms with Gasteiger partial charge < -0.3 is 9.30 Å². The Bertz CT molecular complexity index is 1050. The van der Waals surface area contributed by atoms with Crippen molar-refractivity contribution in [2.45, 2.75) is 23.2 Å². The highest BCUT2D eigenvalue weighted by molar-refractivity contribution is 7.89. The lowest BCUT2D eigenvalue weighted by molar-refractivity contribution is 0.414. The van der Waals surface area contributed by atoms with E-state index in [-0.39, 0.29) is 10.3 Å². The number of fused-ring (bicyclic) bond motifs is 1. The second kappa shape index (κ2) is 6.14. The van der Waals surface area contributed by atoms with Gasteiger partial charge in [-0.1, -0.05) is 18.2 Å². The molecule has 0 saturated heterocycles. The quantitative estimate of drug-likeness (QED) is 0.725. The van der Waals surface area contributed by atoms with Crippen molar-refractivity contribution in [1.82, 2.24) is 9.29 Å². The van der Waals surface area contributed by atoms with Crippen LogP contribution in [0.25, 0.3) is 10.9 Å². The van der Waals surface area contributed by atoms with E-state index in [1.54, 1.807) is 31.4 Å². The minimum Gasteiger partial charge on any atom is -0.497 e. The van der Waals surface area contributed by atoms with E-state index in [2.05, 4.69) is 27.6 Å². The van der Waals surface area contributed by atoms with Gasteiger partial charge in [-0.25, -0.2) is 13.1 Å². The van der Waals surface area contributed by atoms with E-state index in [9.17, 15) is 8.42 Å². The van der Waals surface area contributed by atoms with Gasteiger partial charge in [-0.3, -0.25) is 0 Å². The van der Waals surface area contributed by atoms with Crippen molar-refractivity contribution in [2.75, 3.05) is 13.7 Å². The van der Waals surface area contributed by atoms with Crippen molar-refractivity contribution >= 4 is 20.9 Å². The maximum absolute atomic E-state index is 12.6. The lowest BCUT2D eigenvalue weighted by atomic mass is 9.96. The van der Waals surface area contributed by atoms with Crippen LogP contribution in [0.5, 0.6) is 5.75 Å². The molecule has 3 aromatic rings. The number of rotatable bonds is 6. The van der Waals surface area contributed by atoms with Gasteiger partial charge in [0, 0.05) is 36.1 Å². The third-order valence-corrected chi connectivity index (χ3v) is 6.71. The number of hydrogen-bond donors (Lipinski definition) is 1. The summed E-state index contributed by atoms with van der Waals surface area (Å²) in [5.74, 6) is 0.637. The van der Waals surface area contributed by atoms with E-state index in [1.165, 1.54) is 16.5 Å². The second-order valence-electron chi connectivity index (χ2n) is 6.95. The average Bonchev–Trinajstić information content (AvgIpc) is 3.38. The SMILES string of the molecule is COc1ccc(S(=O)(=O)NCC2(c3cn(C)c4ccccc34)CC2)cc1. The average molecular weight is 370 g/mol. The number of methoxy groups -OCH3 is 1. The van der Waals surface area contributed by atoms with E-state index in [0.717, 1.165) is 12.8 Å². The van der Waals surface area contributed by atoms with Crippen LogP contribution in [-0.2, 0) is 22.5 Å².